The zero-order valence-electron chi connectivity index (χ0n) is 15.1. The largest absolute Gasteiger partial charge is 0.274 e. The minimum absolute atomic E-state index is 0.456. The number of hydrogen-bond donors (Lipinski definition) is 2. The summed E-state index contributed by atoms with van der Waals surface area (Å²) in [6.07, 6.45) is 22.2. The van der Waals surface area contributed by atoms with Crippen LogP contribution >= 0.6 is 0 Å². The number of hydrogen-bond acceptors (Lipinski definition) is 2. The molecule has 23 heavy (non-hydrogen) atoms. The van der Waals surface area contributed by atoms with Gasteiger partial charge >= 0.3 is 0 Å². The molecule has 4 nitrogen and oxygen atoms in total. The predicted molar refractivity (Wildman–Crippen MR) is 101 cm³/mol. The van der Waals surface area contributed by atoms with E-state index in [1.807, 2.05) is 0 Å². The predicted octanol–water partition coefficient (Wildman–Crippen LogP) is 4.82. The van der Waals surface area contributed by atoms with E-state index in [9.17, 15) is 8.42 Å². The van der Waals surface area contributed by atoms with Gasteiger partial charge in [0.1, 0.15) is 0 Å². The van der Waals surface area contributed by atoms with Crippen molar-refractivity contribution >= 4 is 10.2 Å². The fourth-order valence-corrected chi connectivity index (χ4v) is 3.02. The molecule has 0 aromatic rings. The van der Waals surface area contributed by atoms with Gasteiger partial charge in [-0.3, -0.25) is 0 Å². The van der Waals surface area contributed by atoms with Gasteiger partial charge in [0.25, 0.3) is 10.2 Å². The summed E-state index contributed by atoms with van der Waals surface area (Å²) in [6, 6.07) is 0. The molecule has 0 aromatic carbocycles. The van der Waals surface area contributed by atoms with E-state index in [1.165, 1.54) is 70.6 Å². The Kier molecular flexibility index (Phi) is 16.2. The van der Waals surface area contributed by atoms with Crippen LogP contribution in [0.4, 0.5) is 0 Å². The molecule has 0 bridgehead atoms. The lowest BCUT2D eigenvalue weighted by Crippen LogP contribution is -2.31. The Bertz CT molecular complexity index is 367. The summed E-state index contributed by atoms with van der Waals surface area (Å²) in [6.45, 7) is 2.72. The van der Waals surface area contributed by atoms with Crippen molar-refractivity contribution in [3.63, 3.8) is 0 Å². The molecular weight excluding hydrogens is 308 g/mol. The summed E-state index contributed by atoms with van der Waals surface area (Å²) in [5.74, 6) is 0. The number of allylic oxidation sites excluding steroid dienone is 2. The van der Waals surface area contributed by atoms with Gasteiger partial charge in [0, 0.05) is 6.54 Å². The van der Waals surface area contributed by atoms with Crippen molar-refractivity contribution in [3.8, 4) is 0 Å². The lowest BCUT2D eigenvalue weighted by molar-refractivity contribution is 0.570. The number of unbranched alkanes of at least 4 members (excludes halogenated alkanes) is 12. The summed E-state index contributed by atoms with van der Waals surface area (Å²) in [7, 11) is -3.50. The van der Waals surface area contributed by atoms with Crippen molar-refractivity contribution in [2.24, 2.45) is 5.14 Å². The van der Waals surface area contributed by atoms with E-state index in [0.29, 0.717) is 6.54 Å². The topological polar surface area (TPSA) is 72.2 Å². The van der Waals surface area contributed by atoms with E-state index < -0.39 is 10.2 Å². The first-order valence-electron chi connectivity index (χ1n) is 9.48. The van der Waals surface area contributed by atoms with Gasteiger partial charge in [-0.15, -0.1) is 0 Å². The van der Waals surface area contributed by atoms with Crippen molar-refractivity contribution in [1.82, 2.24) is 4.72 Å². The van der Waals surface area contributed by atoms with Gasteiger partial charge in [0.15, 0.2) is 0 Å². The Balaban J connectivity index is 3.14. The smallest absolute Gasteiger partial charge is 0.216 e. The fraction of sp³-hybridized carbons (Fsp3) is 0.889. The van der Waals surface area contributed by atoms with E-state index in [4.69, 9.17) is 5.14 Å². The van der Waals surface area contributed by atoms with Gasteiger partial charge in [0.05, 0.1) is 0 Å². The molecule has 0 rings (SSSR count). The Labute approximate surface area is 144 Å². The van der Waals surface area contributed by atoms with Crippen molar-refractivity contribution < 1.29 is 8.42 Å². The summed E-state index contributed by atoms with van der Waals surface area (Å²) in [5, 5.41) is 4.86. The average molecular weight is 347 g/mol. The Morgan fingerprint density at radius 3 is 1.65 bits per heavy atom. The van der Waals surface area contributed by atoms with E-state index in [-0.39, 0.29) is 0 Å². The molecule has 0 heterocycles. The molecule has 0 aliphatic heterocycles. The maximum atomic E-state index is 10.7. The van der Waals surface area contributed by atoms with Crippen LogP contribution in [-0.2, 0) is 10.2 Å². The van der Waals surface area contributed by atoms with Crippen molar-refractivity contribution in [2.75, 3.05) is 6.54 Å². The second kappa shape index (κ2) is 16.5. The molecule has 0 radical (unpaired) electrons. The first-order valence-corrected chi connectivity index (χ1v) is 11.0. The van der Waals surface area contributed by atoms with Crippen LogP contribution in [0, 0.1) is 0 Å². The van der Waals surface area contributed by atoms with Crippen LogP contribution < -0.4 is 9.86 Å². The number of rotatable bonds is 17. The molecule has 0 unspecified atom stereocenters. The van der Waals surface area contributed by atoms with E-state index in [2.05, 4.69) is 23.8 Å². The highest BCUT2D eigenvalue weighted by molar-refractivity contribution is 7.87. The van der Waals surface area contributed by atoms with E-state index in [0.717, 1.165) is 19.3 Å². The third kappa shape index (κ3) is 21.6. The van der Waals surface area contributed by atoms with Crippen molar-refractivity contribution in [2.45, 2.75) is 96.8 Å². The second-order valence-electron chi connectivity index (χ2n) is 6.38. The molecule has 0 aliphatic carbocycles. The third-order valence-corrected chi connectivity index (χ3v) is 4.60. The van der Waals surface area contributed by atoms with Crippen LogP contribution in [0.25, 0.3) is 0 Å². The van der Waals surface area contributed by atoms with Crippen LogP contribution in [0.2, 0.25) is 0 Å². The summed E-state index contributed by atoms with van der Waals surface area (Å²) in [4.78, 5) is 0. The van der Waals surface area contributed by atoms with Gasteiger partial charge in [0.2, 0.25) is 0 Å². The standard InChI is InChI=1S/C18H38N2O2S/c1-2-3-4-5-6-7-8-9-10-11-12-13-14-15-16-17-18-20-23(19,21)22/h10-11,20H,2-9,12-18H2,1H3,(H2,19,21,22)/b11-10-. The molecule has 0 atom stereocenters. The zero-order valence-corrected chi connectivity index (χ0v) is 15.9. The molecule has 3 N–H and O–H groups in total. The first-order chi connectivity index (χ1) is 11.1. The number of nitrogens with one attached hydrogen (secondary N) is 1. The lowest BCUT2D eigenvalue weighted by atomic mass is 10.1. The maximum absolute atomic E-state index is 10.7. The Morgan fingerprint density at radius 1 is 0.739 bits per heavy atom. The van der Waals surface area contributed by atoms with Crippen molar-refractivity contribution in [1.29, 1.82) is 0 Å². The van der Waals surface area contributed by atoms with Crippen LogP contribution in [0.3, 0.4) is 0 Å². The molecule has 0 fully saturated rings. The van der Waals surface area contributed by atoms with Crippen LogP contribution in [-0.4, -0.2) is 15.0 Å². The first kappa shape index (κ1) is 22.6. The summed E-state index contributed by atoms with van der Waals surface area (Å²) in [5.41, 5.74) is 0. The molecule has 0 spiro atoms. The third-order valence-electron chi connectivity index (χ3n) is 3.99. The fourth-order valence-electron chi connectivity index (χ4n) is 2.59. The van der Waals surface area contributed by atoms with Gasteiger partial charge in [-0.05, 0) is 32.1 Å². The number of nitrogens with two attached hydrogens (primary N) is 1. The van der Waals surface area contributed by atoms with E-state index in [1.54, 1.807) is 0 Å². The molecule has 0 saturated carbocycles. The minimum atomic E-state index is -3.50. The van der Waals surface area contributed by atoms with Crippen LogP contribution in [0.5, 0.6) is 0 Å². The molecule has 5 heteroatoms. The average Bonchev–Trinajstić information content (AvgIpc) is 2.49. The monoisotopic (exact) mass is 346 g/mol. The maximum Gasteiger partial charge on any atom is 0.274 e. The van der Waals surface area contributed by atoms with Gasteiger partial charge in [-0.25, -0.2) is 9.86 Å². The highest BCUT2D eigenvalue weighted by Gasteiger charge is 1.98. The van der Waals surface area contributed by atoms with Crippen molar-refractivity contribution in [3.05, 3.63) is 12.2 Å². The molecule has 0 saturated heterocycles. The molecule has 0 aromatic heterocycles. The molecule has 0 amide bonds. The highest BCUT2D eigenvalue weighted by atomic mass is 32.2. The SMILES string of the molecule is CCCCCCCCC/C=C\CCCCCCCNS(N)(=O)=O. The zero-order chi connectivity index (χ0) is 17.2. The quantitative estimate of drug-likeness (QED) is 0.293. The Morgan fingerprint density at radius 2 is 1.17 bits per heavy atom. The van der Waals surface area contributed by atoms with Crippen LogP contribution in [0.1, 0.15) is 96.8 Å². The van der Waals surface area contributed by atoms with E-state index >= 15 is 0 Å². The molecule has 138 valence electrons. The molecular formula is C18H38N2O2S. The summed E-state index contributed by atoms with van der Waals surface area (Å²) < 4.78 is 23.6. The van der Waals surface area contributed by atoms with Gasteiger partial charge in [-0.1, -0.05) is 76.9 Å². The van der Waals surface area contributed by atoms with Crippen LogP contribution in [0.15, 0.2) is 12.2 Å². The van der Waals surface area contributed by atoms with Gasteiger partial charge < -0.3 is 0 Å². The molecule has 0 aliphatic rings. The lowest BCUT2D eigenvalue weighted by Gasteiger charge is -2.02. The minimum Gasteiger partial charge on any atom is -0.216 e. The highest BCUT2D eigenvalue weighted by Crippen LogP contribution is 2.09. The summed E-state index contributed by atoms with van der Waals surface area (Å²) >= 11 is 0. The van der Waals surface area contributed by atoms with Gasteiger partial charge in [-0.2, -0.15) is 8.42 Å². The Hall–Kier alpha value is -0.390. The second-order valence-corrected chi connectivity index (χ2v) is 7.76. The normalized spacial score (nSPS) is 12.3.